The van der Waals surface area contributed by atoms with Crippen molar-refractivity contribution in [3.8, 4) is 0 Å². The molecule has 0 spiro atoms. The summed E-state index contributed by atoms with van der Waals surface area (Å²) in [5.41, 5.74) is 2.39. The molecule has 0 amide bonds. The lowest BCUT2D eigenvalue weighted by atomic mass is 9.95. The first-order chi connectivity index (χ1) is 14.1. The van der Waals surface area contributed by atoms with Crippen molar-refractivity contribution in [2.45, 2.75) is 33.1 Å². The van der Waals surface area contributed by atoms with E-state index in [-0.39, 0.29) is 11.7 Å². The summed E-state index contributed by atoms with van der Waals surface area (Å²) >= 11 is 0. The van der Waals surface area contributed by atoms with Gasteiger partial charge in [-0.3, -0.25) is 14.8 Å². The maximum absolute atomic E-state index is 12.7. The molecule has 1 aliphatic heterocycles. The predicted octanol–water partition coefficient (Wildman–Crippen LogP) is 3.27. The van der Waals surface area contributed by atoms with Crippen LogP contribution in [0.4, 0.5) is 5.95 Å². The van der Waals surface area contributed by atoms with Crippen LogP contribution in [0.5, 0.6) is 0 Å². The quantitative estimate of drug-likeness (QED) is 0.573. The van der Waals surface area contributed by atoms with E-state index in [1.807, 2.05) is 12.1 Å². The molecular weight excluding hydrogens is 364 g/mol. The van der Waals surface area contributed by atoms with Crippen LogP contribution >= 0.6 is 0 Å². The second-order valence-electron chi connectivity index (χ2n) is 8.11. The summed E-state index contributed by atoms with van der Waals surface area (Å²) in [5, 5.41) is 8.39. The fraction of sp³-hybridized carbons (Fsp3) is 0.500. The van der Waals surface area contributed by atoms with Crippen LogP contribution in [0.15, 0.2) is 30.5 Å². The zero-order chi connectivity index (χ0) is 20.2. The highest BCUT2D eigenvalue weighted by atomic mass is 16.1. The minimum Gasteiger partial charge on any atom is -0.361 e. The zero-order valence-corrected chi connectivity index (χ0v) is 17.3. The Kier molecular flexibility index (Phi) is 5.94. The highest BCUT2D eigenvalue weighted by Gasteiger charge is 2.22. The number of Topliss-reactive ketones (excluding diaryl/α,β-unsaturated/α-hetero) is 1. The molecule has 2 N–H and O–H groups in total. The number of anilines is 1. The van der Waals surface area contributed by atoms with Crippen molar-refractivity contribution < 1.29 is 4.79 Å². The summed E-state index contributed by atoms with van der Waals surface area (Å²) in [4.78, 5) is 25.1. The molecule has 3 heterocycles. The minimum atomic E-state index is 0.0284. The van der Waals surface area contributed by atoms with Crippen LogP contribution < -0.4 is 4.90 Å². The fourth-order valence-corrected chi connectivity index (χ4v) is 4.17. The summed E-state index contributed by atoms with van der Waals surface area (Å²) in [6, 6.07) is 8.28. The standard InChI is InChI=1S/C22H30N6O/c1-3-8-27-9-11-28(12-10-27)22-24-21(25-26-22)20(29)14-16(2)13-17-15-23-19-7-5-4-6-18(17)19/h4-7,15-16,23H,3,8-14H2,1-2H3,(H,24,25,26). The summed E-state index contributed by atoms with van der Waals surface area (Å²) in [6.45, 7) is 9.31. The van der Waals surface area contributed by atoms with Crippen molar-refractivity contribution in [3.63, 3.8) is 0 Å². The first-order valence-corrected chi connectivity index (χ1v) is 10.6. The molecule has 1 aliphatic rings. The lowest BCUT2D eigenvalue weighted by molar-refractivity contribution is 0.0955. The number of aromatic amines is 2. The summed E-state index contributed by atoms with van der Waals surface area (Å²) in [6.07, 6.45) is 4.54. The van der Waals surface area contributed by atoms with Crippen molar-refractivity contribution in [1.82, 2.24) is 25.1 Å². The van der Waals surface area contributed by atoms with Crippen LogP contribution in [-0.4, -0.2) is 63.6 Å². The molecule has 1 fully saturated rings. The van der Waals surface area contributed by atoms with Gasteiger partial charge in [0.05, 0.1) is 0 Å². The van der Waals surface area contributed by atoms with Gasteiger partial charge in [-0.25, -0.2) is 0 Å². The Labute approximate surface area is 171 Å². The van der Waals surface area contributed by atoms with Gasteiger partial charge in [0.2, 0.25) is 5.95 Å². The van der Waals surface area contributed by atoms with Crippen LogP contribution in [0.1, 0.15) is 42.9 Å². The van der Waals surface area contributed by atoms with E-state index in [9.17, 15) is 4.79 Å². The maximum Gasteiger partial charge on any atom is 0.245 e. The molecule has 7 heteroatoms. The first-order valence-electron chi connectivity index (χ1n) is 10.6. The van der Waals surface area contributed by atoms with Crippen LogP contribution in [0, 0.1) is 5.92 Å². The Morgan fingerprint density at radius 2 is 2.00 bits per heavy atom. The number of benzene rings is 1. The van der Waals surface area contributed by atoms with Gasteiger partial charge in [-0.2, -0.15) is 4.98 Å². The predicted molar refractivity (Wildman–Crippen MR) is 115 cm³/mol. The molecule has 0 radical (unpaired) electrons. The van der Waals surface area contributed by atoms with Crippen LogP contribution in [-0.2, 0) is 6.42 Å². The van der Waals surface area contributed by atoms with Gasteiger partial charge < -0.3 is 9.88 Å². The number of carbonyl (C=O) groups excluding carboxylic acids is 1. The second kappa shape index (κ2) is 8.78. The molecule has 7 nitrogen and oxygen atoms in total. The lowest BCUT2D eigenvalue weighted by Crippen LogP contribution is -2.46. The van der Waals surface area contributed by atoms with E-state index in [0.29, 0.717) is 18.2 Å². The zero-order valence-electron chi connectivity index (χ0n) is 17.3. The molecule has 0 aliphatic carbocycles. The third kappa shape index (κ3) is 4.50. The van der Waals surface area contributed by atoms with E-state index >= 15 is 0 Å². The van der Waals surface area contributed by atoms with E-state index in [0.717, 1.165) is 44.7 Å². The van der Waals surface area contributed by atoms with Crippen LogP contribution in [0.25, 0.3) is 10.9 Å². The summed E-state index contributed by atoms with van der Waals surface area (Å²) < 4.78 is 0. The average molecular weight is 395 g/mol. The molecule has 4 rings (SSSR count). The van der Waals surface area contributed by atoms with Gasteiger partial charge >= 0.3 is 0 Å². The van der Waals surface area contributed by atoms with E-state index in [1.165, 1.54) is 17.4 Å². The van der Waals surface area contributed by atoms with E-state index in [1.54, 1.807) is 0 Å². The number of carbonyl (C=O) groups is 1. The highest BCUT2D eigenvalue weighted by molar-refractivity contribution is 5.93. The fourth-order valence-electron chi connectivity index (χ4n) is 4.17. The Balaban J connectivity index is 1.33. The Hall–Kier alpha value is -2.67. The maximum atomic E-state index is 12.7. The van der Waals surface area contributed by atoms with Gasteiger partial charge in [0.1, 0.15) is 0 Å². The van der Waals surface area contributed by atoms with Crippen molar-refractivity contribution in [2.75, 3.05) is 37.6 Å². The van der Waals surface area contributed by atoms with Crippen molar-refractivity contribution in [3.05, 3.63) is 41.9 Å². The number of nitrogens with zero attached hydrogens (tertiary/aromatic N) is 4. The molecule has 1 saturated heterocycles. The molecular formula is C22H30N6O. The van der Waals surface area contributed by atoms with Crippen LogP contribution in [0.3, 0.4) is 0 Å². The molecule has 2 aromatic heterocycles. The number of hydrogen-bond donors (Lipinski definition) is 2. The van der Waals surface area contributed by atoms with Gasteiger partial charge in [0.25, 0.3) is 0 Å². The van der Waals surface area contributed by atoms with E-state index in [4.69, 9.17) is 0 Å². The number of aromatic nitrogens is 4. The highest BCUT2D eigenvalue weighted by Crippen LogP contribution is 2.22. The molecule has 1 atom stereocenters. The van der Waals surface area contributed by atoms with Crippen molar-refractivity contribution in [2.24, 2.45) is 5.92 Å². The molecule has 3 aromatic rings. The number of H-pyrrole nitrogens is 2. The number of hydrogen-bond acceptors (Lipinski definition) is 5. The van der Waals surface area contributed by atoms with Crippen LogP contribution in [0.2, 0.25) is 0 Å². The number of nitrogens with one attached hydrogen (secondary N) is 2. The molecule has 1 aromatic carbocycles. The Morgan fingerprint density at radius 3 is 2.79 bits per heavy atom. The second-order valence-corrected chi connectivity index (χ2v) is 8.11. The summed E-state index contributed by atoms with van der Waals surface area (Å²) in [5.74, 6) is 1.28. The SMILES string of the molecule is CCCN1CCN(c2n[nH]c(C(=O)CC(C)Cc3c[nH]c4ccccc34)n2)CC1. The van der Waals surface area contributed by atoms with Crippen molar-refractivity contribution in [1.29, 1.82) is 0 Å². The average Bonchev–Trinajstić information content (AvgIpc) is 3.37. The molecule has 0 bridgehead atoms. The molecule has 29 heavy (non-hydrogen) atoms. The molecule has 1 unspecified atom stereocenters. The largest absolute Gasteiger partial charge is 0.361 e. The number of piperazine rings is 1. The Bertz CT molecular complexity index is 953. The molecule has 154 valence electrons. The number of ketones is 1. The Morgan fingerprint density at radius 1 is 1.21 bits per heavy atom. The monoisotopic (exact) mass is 394 g/mol. The summed E-state index contributed by atoms with van der Waals surface area (Å²) in [7, 11) is 0. The minimum absolute atomic E-state index is 0.0284. The smallest absolute Gasteiger partial charge is 0.245 e. The third-order valence-electron chi connectivity index (χ3n) is 5.71. The normalized spacial score (nSPS) is 16.4. The van der Waals surface area contributed by atoms with Gasteiger partial charge in [0, 0.05) is 49.7 Å². The molecule has 0 saturated carbocycles. The van der Waals surface area contributed by atoms with Gasteiger partial charge in [-0.15, -0.1) is 5.10 Å². The van der Waals surface area contributed by atoms with Gasteiger partial charge in [0.15, 0.2) is 11.6 Å². The number of fused-ring (bicyclic) bond motifs is 1. The van der Waals surface area contributed by atoms with Gasteiger partial charge in [-0.05, 0) is 36.9 Å². The first kappa shape index (κ1) is 19.6. The lowest BCUT2D eigenvalue weighted by Gasteiger charge is -2.33. The third-order valence-corrected chi connectivity index (χ3v) is 5.71. The van der Waals surface area contributed by atoms with E-state index in [2.05, 4.69) is 62.1 Å². The number of para-hydroxylation sites is 1. The van der Waals surface area contributed by atoms with Gasteiger partial charge in [-0.1, -0.05) is 32.0 Å². The number of rotatable bonds is 8. The topological polar surface area (TPSA) is 80.9 Å². The van der Waals surface area contributed by atoms with E-state index < -0.39 is 0 Å². The van der Waals surface area contributed by atoms with Crippen molar-refractivity contribution >= 4 is 22.6 Å².